The Hall–Kier alpha value is -0.770. The fourth-order valence-corrected chi connectivity index (χ4v) is 3.03. The van der Waals surface area contributed by atoms with E-state index >= 15 is 0 Å². The van der Waals surface area contributed by atoms with E-state index in [0.29, 0.717) is 0 Å². The Kier molecular flexibility index (Phi) is 4.71. The van der Waals surface area contributed by atoms with Gasteiger partial charge >= 0.3 is 0 Å². The van der Waals surface area contributed by atoms with Gasteiger partial charge in [0.25, 0.3) is 0 Å². The van der Waals surface area contributed by atoms with Crippen LogP contribution in [-0.2, 0) is 4.74 Å². The highest BCUT2D eigenvalue weighted by molar-refractivity contribution is 6.30. The number of hydrogen-bond donors (Lipinski definition) is 1. The summed E-state index contributed by atoms with van der Waals surface area (Å²) in [5, 5.41) is 4.26. The predicted molar refractivity (Wildman–Crippen MR) is 78.0 cm³/mol. The summed E-state index contributed by atoms with van der Waals surface area (Å²) in [6, 6.07) is 5.87. The smallest absolute Gasteiger partial charge is 0.123 e. The van der Waals surface area contributed by atoms with E-state index in [1.807, 2.05) is 18.2 Å². The molecule has 0 spiro atoms. The monoisotopic (exact) mass is 283 g/mol. The van der Waals surface area contributed by atoms with Crippen LogP contribution in [0.4, 0.5) is 0 Å². The SMILES string of the molecule is CCNC(c1cc(Cl)ccc1OC)C1(OC)CCC1. The second kappa shape index (κ2) is 6.12. The van der Waals surface area contributed by atoms with Gasteiger partial charge < -0.3 is 14.8 Å². The number of nitrogens with one attached hydrogen (secondary N) is 1. The lowest BCUT2D eigenvalue weighted by molar-refractivity contribution is -0.0998. The van der Waals surface area contributed by atoms with Crippen LogP contribution in [0, 0.1) is 0 Å². The van der Waals surface area contributed by atoms with Gasteiger partial charge in [-0.05, 0) is 44.0 Å². The third kappa shape index (κ3) is 2.73. The number of likely N-dealkylation sites (N-methyl/N-ethyl adjacent to an activating group) is 1. The fraction of sp³-hybridized carbons (Fsp3) is 0.600. The van der Waals surface area contributed by atoms with Crippen LogP contribution >= 0.6 is 11.6 Å². The minimum atomic E-state index is -0.131. The number of rotatable bonds is 6. The van der Waals surface area contributed by atoms with Gasteiger partial charge in [-0.25, -0.2) is 0 Å². The molecule has 0 bridgehead atoms. The van der Waals surface area contributed by atoms with E-state index in [1.54, 1.807) is 14.2 Å². The van der Waals surface area contributed by atoms with Crippen LogP contribution in [0.15, 0.2) is 18.2 Å². The Bertz CT molecular complexity index is 427. The molecule has 1 aliphatic carbocycles. The fourth-order valence-electron chi connectivity index (χ4n) is 2.85. The maximum atomic E-state index is 6.15. The molecule has 1 aromatic carbocycles. The van der Waals surface area contributed by atoms with Crippen LogP contribution in [0.25, 0.3) is 0 Å². The molecule has 0 aromatic heterocycles. The largest absolute Gasteiger partial charge is 0.496 e. The molecular formula is C15H22ClNO2. The van der Waals surface area contributed by atoms with Crippen molar-refractivity contribution in [3.63, 3.8) is 0 Å². The van der Waals surface area contributed by atoms with E-state index in [1.165, 1.54) is 6.42 Å². The Labute approximate surface area is 120 Å². The zero-order chi connectivity index (χ0) is 13.9. The highest BCUT2D eigenvalue weighted by Gasteiger charge is 2.45. The molecule has 1 unspecified atom stereocenters. The van der Waals surface area contributed by atoms with Crippen molar-refractivity contribution in [1.29, 1.82) is 0 Å². The highest BCUT2D eigenvalue weighted by Crippen LogP contribution is 2.47. The van der Waals surface area contributed by atoms with Crippen LogP contribution in [0.2, 0.25) is 5.02 Å². The molecule has 4 heteroatoms. The van der Waals surface area contributed by atoms with E-state index in [4.69, 9.17) is 21.1 Å². The molecule has 0 saturated heterocycles. The third-order valence-corrected chi connectivity index (χ3v) is 4.28. The van der Waals surface area contributed by atoms with Gasteiger partial charge in [0.15, 0.2) is 0 Å². The van der Waals surface area contributed by atoms with E-state index in [2.05, 4.69) is 12.2 Å². The minimum Gasteiger partial charge on any atom is -0.496 e. The molecule has 3 nitrogen and oxygen atoms in total. The Morgan fingerprint density at radius 2 is 2.11 bits per heavy atom. The summed E-state index contributed by atoms with van der Waals surface area (Å²) in [7, 11) is 3.48. The zero-order valence-electron chi connectivity index (χ0n) is 11.8. The first-order valence-corrected chi connectivity index (χ1v) is 7.16. The quantitative estimate of drug-likeness (QED) is 0.866. The second-order valence-electron chi connectivity index (χ2n) is 5.00. The van der Waals surface area contributed by atoms with Crippen molar-refractivity contribution < 1.29 is 9.47 Å². The molecular weight excluding hydrogens is 262 g/mol. The number of hydrogen-bond acceptors (Lipinski definition) is 3. The van der Waals surface area contributed by atoms with E-state index < -0.39 is 0 Å². The maximum absolute atomic E-state index is 6.15. The Morgan fingerprint density at radius 1 is 1.37 bits per heavy atom. The van der Waals surface area contributed by atoms with Gasteiger partial charge in [-0.3, -0.25) is 0 Å². The third-order valence-electron chi connectivity index (χ3n) is 4.04. The molecule has 0 aliphatic heterocycles. The maximum Gasteiger partial charge on any atom is 0.123 e. The molecule has 2 rings (SSSR count). The minimum absolute atomic E-state index is 0.116. The van der Waals surface area contributed by atoms with Crippen LogP contribution in [0.3, 0.4) is 0 Å². The molecule has 1 aliphatic rings. The van der Waals surface area contributed by atoms with Crippen LogP contribution < -0.4 is 10.1 Å². The lowest BCUT2D eigenvalue weighted by Crippen LogP contribution is -2.50. The van der Waals surface area contributed by atoms with Gasteiger partial charge in [0.2, 0.25) is 0 Å². The number of halogens is 1. The van der Waals surface area contributed by atoms with Crippen LogP contribution in [0.5, 0.6) is 5.75 Å². The van der Waals surface area contributed by atoms with Crippen molar-refractivity contribution in [3.8, 4) is 5.75 Å². The molecule has 1 fully saturated rings. The van der Waals surface area contributed by atoms with Gasteiger partial charge in [0, 0.05) is 17.7 Å². The van der Waals surface area contributed by atoms with E-state index in [0.717, 1.165) is 35.7 Å². The standard InChI is InChI=1S/C15H22ClNO2/c1-4-17-14(15(19-3)8-5-9-15)12-10-11(16)6-7-13(12)18-2/h6-7,10,14,17H,4-5,8-9H2,1-3H3. The van der Waals surface area contributed by atoms with Gasteiger partial charge in [0.05, 0.1) is 18.8 Å². The topological polar surface area (TPSA) is 30.5 Å². The molecule has 0 amide bonds. The van der Waals surface area contributed by atoms with E-state index in [-0.39, 0.29) is 11.6 Å². The summed E-state index contributed by atoms with van der Waals surface area (Å²) in [5.41, 5.74) is 0.951. The molecule has 1 aromatic rings. The second-order valence-corrected chi connectivity index (χ2v) is 5.44. The van der Waals surface area contributed by atoms with Crippen LogP contribution in [0.1, 0.15) is 37.8 Å². The van der Waals surface area contributed by atoms with Gasteiger partial charge in [-0.1, -0.05) is 18.5 Å². The van der Waals surface area contributed by atoms with Crippen molar-refractivity contribution in [3.05, 3.63) is 28.8 Å². The average molecular weight is 284 g/mol. The molecule has 19 heavy (non-hydrogen) atoms. The Balaban J connectivity index is 2.40. The average Bonchev–Trinajstić information content (AvgIpc) is 2.37. The molecule has 106 valence electrons. The first-order chi connectivity index (χ1) is 9.16. The van der Waals surface area contributed by atoms with Gasteiger partial charge in [-0.15, -0.1) is 0 Å². The number of ether oxygens (including phenoxy) is 2. The van der Waals surface area contributed by atoms with E-state index in [9.17, 15) is 0 Å². The summed E-state index contributed by atoms with van der Waals surface area (Å²) in [5.74, 6) is 0.860. The summed E-state index contributed by atoms with van der Waals surface area (Å²) in [4.78, 5) is 0. The molecule has 1 saturated carbocycles. The molecule has 1 atom stereocenters. The zero-order valence-corrected chi connectivity index (χ0v) is 12.6. The van der Waals surface area contributed by atoms with Crippen molar-refractivity contribution in [2.24, 2.45) is 0 Å². The summed E-state index contributed by atoms with van der Waals surface area (Å²) in [6.07, 6.45) is 3.34. The highest BCUT2D eigenvalue weighted by atomic mass is 35.5. The van der Waals surface area contributed by atoms with Crippen molar-refractivity contribution in [2.75, 3.05) is 20.8 Å². The van der Waals surface area contributed by atoms with Crippen molar-refractivity contribution in [1.82, 2.24) is 5.32 Å². The first kappa shape index (κ1) is 14.6. The van der Waals surface area contributed by atoms with Crippen molar-refractivity contribution in [2.45, 2.75) is 37.8 Å². The lowest BCUT2D eigenvalue weighted by atomic mass is 9.72. The summed E-state index contributed by atoms with van der Waals surface area (Å²) >= 11 is 6.15. The number of benzene rings is 1. The van der Waals surface area contributed by atoms with Crippen molar-refractivity contribution >= 4 is 11.6 Å². The molecule has 0 heterocycles. The Morgan fingerprint density at radius 3 is 2.58 bits per heavy atom. The lowest BCUT2D eigenvalue weighted by Gasteiger charge is -2.47. The molecule has 0 radical (unpaired) electrons. The summed E-state index contributed by atoms with van der Waals surface area (Å²) in [6.45, 7) is 2.98. The van der Waals surface area contributed by atoms with Gasteiger partial charge in [0.1, 0.15) is 5.75 Å². The first-order valence-electron chi connectivity index (χ1n) is 6.79. The summed E-state index contributed by atoms with van der Waals surface area (Å²) < 4.78 is 11.3. The predicted octanol–water partition coefficient (Wildman–Crippen LogP) is 3.57. The molecule has 1 N–H and O–H groups in total. The number of methoxy groups -OCH3 is 2. The normalized spacial score (nSPS) is 18.7. The van der Waals surface area contributed by atoms with Gasteiger partial charge in [-0.2, -0.15) is 0 Å². The van der Waals surface area contributed by atoms with Crippen LogP contribution in [-0.4, -0.2) is 26.4 Å².